The van der Waals surface area contributed by atoms with Gasteiger partial charge in [-0.3, -0.25) is 4.90 Å². The van der Waals surface area contributed by atoms with Crippen LogP contribution >= 0.6 is 0 Å². The Hall–Kier alpha value is -0.590. The summed E-state index contributed by atoms with van der Waals surface area (Å²) in [5, 5.41) is 9.57. The van der Waals surface area contributed by atoms with Crippen molar-refractivity contribution < 1.29 is 0 Å². The van der Waals surface area contributed by atoms with E-state index in [2.05, 4.69) is 15.9 Å². The average Bonchev–Trinajstić information content (AvgIpc) is 3.01. The normalized spacial score (nSPS) is 30.3. The molecule has 0 bridgehead atoms. The van der Waals surface area contributed by atoms with E-state index in [0.29, 0.717) is 0 Å². The summed E-state index contributed by atoms with van der Waals surface area (Å²) in [6, 6.07) is 2.65. The van der Waals surface area contributed by atoms with E-state index < -0.39 is 0 Å². The molecule has 0 spiro atoms. The third kappa shape index (κ3) is 2.34. The molecule has 0 aromatic carbocycles. The summed E-state index contributed by atoms with van der Waals surface area (Å²) in [5.41, 5.74) is -0.115. The van der Waals surface area contributed by atoms with Gasteiger partial charge >= 0.3 is 0 Å². The lowest BCUT2D eigenvalue weighted by Crippen LogP contribution is -2.53. The molecule has 94 valence electrons. The molecular weight excluding hydrogens is 210 g/mol. The van der Waals surface area contributed by atoms with Crippen LogP contribution in [0.25, 0.3) is 0 Å². The summed E-state index contributed by atoms with van der Waals surface area (Å²) < 4.78 is 0. The Balaban J connectivity index is 1.58. The van der Waals surface area contributed by atoms with Crippen LogP contribution in [0.2, 0.25) is 0 Å². The minimum atomic E-state index is -0.115. The van der Waals surface area contributed by atoms with Crippen LogP contribution in [-0.2, 0) is 0 Å². The van der Waals surface area contributed by atoms with Gasteiger partial charge in [-0.1, -0.05) is 0 Å². The minimum absolute atomic E-state index is 0.115. The average molecular weight is 233 g/mol. The van der Waals surface area contributed by atoms with Crippen molar-refractivity contribution in [2.75, 3.05) is 32.7 Å². The van der Waals surface area contributed by atoms with Gasteiger partial charge in [0.2, 0.25) is 0 Å². The second-order valence-corrected chi connectivity index (χ2v) is 6.08. The van der Waals surface area contributed by atoms with Gasteiger partial charge in [-0.05, 0) is 57.5 Å². The zero-order valence-corrected chi connectivity index (χ0v) is 10.7. The second kappa shape index (κ2) is 4.59. The largest absolute Gasteiger partial charge is 0.303 e. The monoisotopic (exact) mass is 233 g/mol. The highest BCUT2D eigenvalue weighted by atomic mass is 15.2. The van der Waals surface area contributed by atoms with Gasteiger partial charge in [0, 0.05) is 19.6 Å². The highest BCUT2D eigenvalue weighted by molar-refractivity contribution is 5.11. The zero-order chi connectivity index (χ0) is 11.7. The summed E-state index contributed by atoms with van der Waals surface area (Å²) in [5.74, 6) is 0.983. The number of rotatable bonds is 3. The molecule has 0 unspecified atom stereocenters. The Bertz CT molecular complexity index is 302. The maximum absolute atomic E-state index is 9.57. The fraction of sp³-hybridized carbons (Fsp3) is 0.929. The van der Waals surface area contributed by atoms with Gasteiger partial charge in [0.05, 0.1) is 6.07 Å². The maximum Gasteiger partial charge on any atom is 0.111 e. The predicted molar refractivity (Wildman–Crippen MR) is 67.5 cm³/mol. The molecule has 1 aliphatic carbocycles. The van der Waals surface area contributed by atoms with Crippen LogP contribution in [-0.4, -0.2) is 48.1 Å². The van der Waals surface area contributed by atoms with Crippen LogP contribution < -0.4 is 0 Å². The van der Waals surface area contributed by atoms with E-state index in [4.69, 9.17) is 0 Å². The van der Waals surface area contributed by atoms with Crippen molar-refractivity contribution in [3.63, 3.8) is 0 Å². The topological polar surface area (TPSA) is 30.3 Å². The lowest BCUT2D eigenvalue weighted by molar-refractivity contribution is 0.0767. The first-order valence-electron chi connectivity index (χ1n) is 7.21. The first-order chi connectivity index (χ1) is 8.32. The Morgan fingerprint density at radius 2 is 1.71 bits per heavy atom. The summed E-state index contributed by atoms with van der Waals surface area (Å²) in [6.45, 7) is 5.87. The molecule has 2 aliphatic heterocycles. The van der Waals surface area contributed by atoms with Crippen LogP contribution in [0.5, 0.6) is 0 Å². The molecule has 0 aromatic heterocycles. The Morgan fingerprint density at radius 1 is 1.06 bits per heavy atom. The van der Waals surface area contributed by atoms with Crippen LogP contribution in [0.3, 0.4) is 0 Å². The quantitative estimate of drug-likeness (QED) is 0.745. The van der Waals surface area contributed by atoms with E-state index in [-0.39, 0.29) is 5.54 Å². The van der Waals surface area contributed by atoms with E-state index in [0.717, 1.165) is 44.9 Å². The zero-order valence-electron chi connectivity index (χ0n) is 10.7. The molecule has 0 atom stereocenters. The van der Waals surface area contributed by atoms with Gasteiger partial charge in [-0.25, -0.2) is 0 Å². The molecule has 3 nitrogen and oxygen atoms in total. The highest BCUT2D eigenvalue weighted by Crippen LogP contribution is 2.34. The first-order valence-corrected chi connectivity index (χ1v) is 7.21. The highest BCUT2D eigenvalue weighted by Gasteiger charge is 2.41. The fourth-order valence-corrected chi connectivity index (χ4v) is 3.42. The summed E-state index contributed by atoms with van der Waals surface area (Å²) in [4.78, 5) is 5.05. The van der Waals surface area contributed by atoms with E-state index in [9.17, 15) is 5.26 Å². The van der Waals surface area contributed by atoms with Crippen LogP contribution in [0.4, 0.5) is 0 Å². The van der Waals surface area contributed by atoms with E-state index >= 15 is 0 Å². The van der Waals surface area contributed by atoms with Gasteiger partial charge in [-0.2, -0.15) is 5.26 Å². The van der Waals surface area contributed by atoms with Crippen molar-refractivity contribution in [1.82, 2.24) is 9.80 Å². The molecule has 1 saturated carbocycles. The Labute approximate surface area is 104 Å². The van der Waals surface area contributed by atoms with E-state index in [1.165, 1.54) is 32.2 Å². The van der Waals surface area contributed by atoms with Gasteiger partial charge in [-0.15, -0.1) is 0 Å². The van der Waals surface area contributed by atoms with Crippen molar-refractivity contribution in [2.24, 2.45) is 5.92 Å². The standard InChI is InChI=1S/C14H23N3/c15-12-14(17-7-1-2-8-17)5-9-16(10-6-14)11-13-3-4-13/h13H,1-11H2. The van der Waals surface area contributed by atoms with Crippen LogP contribution in [0, 0.1) is 17.2 Å². The summed E-state index contributed by atoms with van der Waals surface area (Å²) in [6.07, 6.45) is 7.58. The third-order valence-electron chi connectivity index (χ3n) is 4.82. The predicted octanol–water partition coefficient (Wildman–Crippen LogP) is 1.85. The van der Waals surface area contributed by atoms with E-state index in [1.54, 1.807) is 0 Å². The number of piperidine rings is 1. The van der Waals surface area contributed by atoms with Gasteiger partial charge in [0.15, 0.2) is 0 Å². The number of nitrogens with zero attached hydrogens (tertiary/aromatic N) is 3. The van der Waals surface area contributed by atoms with Crippen molar-refractivity contribution in [3.05, 3.63) is 0 Å². The summed E-state index contributed by atoms with van der Waals surface area (Å²) >= 11 is 0. The molecule has 0 aromatic rings. The molecule has 17 heavy (non-hydrogen) atoms. The van der Waals surface area contributed by atoms with Gasteiger partial charge in [0.25, 0.3) is 0 Å². The van der Waals surface area contributed by atoms with E-state index in [1.807, 2.05) is 0 Å². The van der Waals surface area contributed by atoms with Crippen LogP contribution in [0.1, 0.15) is 38.5 Å². The maximum atomic E-state index is 9.57. The molecule has 3 rings (SSSR count). The summed E-state index contributed by atoms with van der Waals surface area (Å²) in [7, 11) is 0. The molecule has 0 amide bonds. The number of hydrogen-bond donors (Lipinski definition) is 0. The number of nitriles is 1. The number of hydrogen-bond acceptors (Lipinski definition) is 3. The molecule has 3 fully saturated rings. The van der Waals surface area contributed by atoms with Crippen molar-refractivity contribution in [2.45, 2.75) is 44.1 Å². The van der Waals surface area contributed by atoms with Gasteiger partial charge in [0.1, 0.15) is 5.54 Å². The van der Waals surface area contributed by atoms with Crippen molar-refractivity contribution >= 4 is 0 Å². The van der Waals surface area contributed by atoms with Crippen molar-refractivity contribution in [1.29, 1.82) is 5.26 Å². The molecule has 3 aliphatic rings. The molecule has 3 heteroatoms. The molecule has 0 N–H and O–H groups in total. The van der Waals surface area contributed by atoms with Crippen LogP contribution in [0.15, 0.2) is 0 Å². The minimum Gasteiger partial charge on any atom is -0.303 e. The fourth-order valence-electron chi connectivity index (χ4n) is 3.42. The number of likely N-dealkylation sites (tertiary alicyclic amines) is 2. The smallest absolute Gasteiger partial charge is 0.111 e. The Morgan fingerprint density at radius 3 is 2.24 bits per heavy atom. The SMILES string of the molecule is N#CC1(N2CCCC2)CCN(CC2CC2)CC1. The lowest BCUT2D eigenvalue weighted by Gasteiger charge is -2.42. The second-order valence-electron chi connectivity index (χ2n) is 6.08. The molecule has 2 heterocycles. The van der Waals surface area contributed by atoms with Crippen molar-refractivity contribution in [3.8, 4) is 6.07 Å². The molecule has 2 saturated heterocycles. The molecule has 0 radical (unpaired) electrons. The van der Waals surface area contributed by atoms with Gasteiger partial charge < -0.3 is 4.90 Å². The first kappa shape index (κ1) is 11.5. The Kier molecular flexibility index (Phi) is 3.10. The third-order valence-corrected chi connectivity index (χ3v) is 4.82. The molecular formula is C14H23N3. The lowest BCUT2D eigenvalue weighted by atomic mass is 9.87.